The van der Waals surface area contributed by atoms with E-state index >= 15 is 0 Å². The molecule has 0 aliphatic carbocycles. The molecule has 3 heterocycles. The van der Waals surface area contributed by atoms with Crippen LogP contribution in [0.5, 0.6) is 0 Å². The Bertz CT molecular complexity index is 983. The SMILES string of the molecule is CCn1c(SCC(=O)N2CC(=O)Nc3ccccc32)nnc1-c1ccco1. The highest BCUT2D eigenvalue weighted by Gasteiger charge is 2.27. The van der Waals surface area contributed by atoms with Gasteiger partial charge in [-0.05, 0) is 31.2 Å². The first-order chi connectivity index (χ1) is 13.2. The molecule has 1 aliphatic heterocycles. The maximum Gasteiger partial charge on any atom is 0.244 e. The molecular weight excluding hydrogens is 366 g/mol. The molecule has 1 aliphatic rings. The van der Waals surface area contributed by atoms with Crippen LogP contribution < -0.4 is 10.2 Å². The van der Waals surface area contributed by atoms with Crippen molar-refractivity contribution in [3.8, 4) is 11.6 Å². The molecule has 1 aromatic carbocycles. The van der Waals surface area contributed by atoms with E-state index in [1.54, 1.807) is 18.4 Å². The molecule has 0 radical (unpaired) electrons. The Labute approximate surface area is 159 Å². The molecule has 0 fully saturated rings. The lowest BCUT2D eigenvalue weighted by Crippen LogP contribution is -2.43. The van der Waals surface area contributed by atoms with Crippen LogP contribution in [0.2, 0.25) is 0 Å². The molecule has 27 heavy (non-hydrogen) atoms. The Kier molecular flexibility index (Phi) is 4.68. The van der Waals surface area contributed by atoms with Crippen LogP contribution in [0.25, 0.3) is 11.6 Å². The molecule has 9 heteroatoms. The van der Waals surface area contributed by atoms with Crippen molar-refractivity contribution < 1.29 is 14.0 Å². The molecule has 138 valence electrons. The molecule has 4 rings (SSSR count). The molecule has 0 unspecified atom stereocenters. The van der Waals surface area contributed by atoms with E-state index in [0.29, 0.717) is 34.7 Å². The number of thioether (sulfide) groups is 1. The van der Waals surface area contributed by atoms with Gasteiger partial charge in [0.15, 0.2) is 16.7 Å². The lowest BCUT2D eigenvalue weighted by atomic mass is 10.2. The summed E-state index contributed by atoms with van der Waals surface area (Å²) in [6.07, 6.45) is 1.58. The number of nitrogens with zero attached hydrogens (tertiary/aromatic N) is 4. The molecule has 0 saturated carbocycles. The van der Waals surface area contributed by atoms with Gasteiger partial charge in [-0.15, -0.1) is 10.2 Å². The van der Waals surface area contributed by atoms with E-state index in [4.69, 9.17) is 4.42 Å². The molecule has 0 atom stereocenters. The van der Waals surface area contributed by atoms with E-state index < -0.39 is 0 Å². The third-order valence-corrected chi connectivity index (χ3v) is 5.12. The molecule has 0 spiro atoms. The van der Waals surface area contributed by atoms with Crippen molar-refractivity contribution in [1.29, 1.82) is 0 Å². The first-order valence-electron chi connectivity index (χ1n) is 8.46. The van der Waals surface area contributed by atoms with Crippen molar-refractivity contribution in [3.05, 3.63) is 42.7 Å². The highest BCUT2D eigenvalue weighted by molar-refractivity contribution is 7.99. The van der Waals surface area contributed by atoms with Gasteiger partial charge in [0, 0.05) is 6.54 Å². The zero-order chi connectivity index (χ0) is 18.8. The number of para-hydroxylation sites is 2. The topological polar surface area (TPSA) is 93.3 Å². The zero-order valence-corrected chi connectivity index (χ0v) is 15.4. The fraction of sp³-hybridized carbons (Fsp3) is 0.222. The second-order valence-electron chi connectivity index (χ2n) is 5.86. The number of anilines is 2. The van der Waals surface area contributed by atoms with Crippen molar-refractivity contribution in [3.63, 3.8) is 0 Å². The normalized spacial score (nSPS) is 13.4. The van der Waals surface area contributed by atoms with E-state index in [0.717, 1.165) is 0 Å². The van der Waals surface area contributed by atoms with Crippen molar-refractivity contribution in [1.82, 2.24) is 14.8 Å². The van der Waals surface area contributed by atoms with Gasteiger partial charge in [-0.3, -0.25) is 14.2 Å². The molecule has 0 saturated heterocycles. The highest BCUT2D eigenvalue weighted by atomic mass is 32.2. The smallest absolute Gasteiger partial charge is 0.244 e. The number of nitrogens with one attached hydrogen (secondary N) is 1. The van der Waals surface area contributed by atoms with Gasteiger partial charge in [0.2, 0.25) is 11.8 Å². The minimum Gasteiger partial charge on any atom is -0.461 e. The molecular formula is C18H17N5O3S. The number of carbonyl (C=O) groups excluding carboxylic acids is 2. The Hall–Kier alpha value is -3.07. The number of fused-ring (bicyclic) bond motifs is 1. The minimum absolute atomic E-state index is 0.00845. The van der Waals surface area contributed by atoms with Gasteiger partial charge in [-0.25, -0.2) is 0 Å². The number of aromatic nitrogens is 3. The second-order valence-corrected chi connectivity index (χ2v) is 6.80. The summed E-state index contributed by atoms with van der Waals surface area (Å²) in [7, 11) is 0. The van der Waals surface area contributed by atoms with Crippen LogP contribution in [0, 0.1) is 0 Å². The molecule has 8 nitrogen and oxygen atoms in total. The number of carbonyl (C=O) groups is 2. The fourth-order valence-corrected chi connectivity index (χ4v) is 3.81. The number of rotatable bonds is 5. The maximum absolute atomic E-state index is 12.8. The van der Waals surface area contributed by atoms with Crippen molar-refractivity contribution >= 4 is 35.0 Å². The predicted octanol–water partition coefficient (Wildman–Crippen LogP) is 2.64. The van der Waals surface area contributed by atoms with Crippen LogP contribution >= 0.6 is 11.8 Å². The monoisotopic (exact) mass is 383 g/mol. The number of hydrogen-bond acceptors (Lipinski definition) is 6. The molecule has 2 amide bonds. The van der Waals surface area contributed by atoms with Crippen LogP contribution in [0.15, 0.2) is 52.2 Å². The third kappa shape index (κ3) is 3.33. The average Bonchev–Trinajstić information content (AvgIpc) is 3.34. The predicted molar refractivity (Wildman–Crippen MR) is 102 cm³/mol. The van der Waals surface area contributed by atoms with Gasteiger partial charge < -0.3 is 14.6 Å². The molecule has 2 aromatic heterocycles. The molecule has 1 N–H and O–H groups in total. The van der Waals surface area contributed by atoms with Gasteiger partial charge in [-0.1, -0.05) is 23.9 Å². The van der Waals surface area contributed by atoms with Crippen LogP contribution in [0.4, 0.5) is 11.4 Å². The summed E-state index contributed by atoms with van der Waals surface area (Å²) in [6, 6.07) is 10.9. The van der Waals surface area contributed by atoms with Gasteiger partial charge in [0.25, 0.3) is 0 Å². The Morgan fingerprint density at radius 2 is 2.11 bits per heavy atom. The van der Waals surface area contributed by atoms with E-state index in [2.05, 4.69) is 15.5 Å². The third-order valence-electron chi connectivity index (χ3n) is 4.17. The Balaban J connectivity index is 1.51. The highest BCUT2D eigenvalue weighted by Crippen LogP contribution is 2.30. The van der Waals surface area contributed by atoms with Gasteiger partial charge in [0.05, 0.1) is 23.4 Å². The number of amides is 2. The van der Waals surface area contributed by atoms with Crippen molar-refractivity contribution in [2.75, 3.05) is 22.5 Å². The largest absolute Gasteiger partial charge is 0.461 e. The van der Waals surface area contributed by atoms with Gasteiger partial charge in [-0.2, -0.15) is 0 Å². The van der Waals surface area contributed by atoms with Gasteiger partial charge >= 0.3 is 0 Å². The quantitative estimate of drug-likeness (QED) is 0.681. The first kappa shape index (κ1) is 17.3. The van der Waals surface area contributed by atoms with E-state index in [1.165, 1.54) is 16.7 Å². The molecule has 3 aromatic rings. The van der Waals surface area contributed by atoms with E-state index in [-0.39, 0.29) is 24.1 Å². The second kappa shape index (κ2) is 7.28. The summed E-state index contributed by atoms with van der Waals surface area (Å²) < 4.78 is 7.29. The number of benzene rings is 1. The van der Waals surface area contributed by atoms with Gasteiger partial charge in [0.1, 0.15) is 6.54 Å². The first-order valence-corrected chi connectivity index (χ1v) is 9.45. The van der Waals surface area contributed by atoms with E-state index in [9.17, 15) is 9.59 Å². The summed E-state index contributed by atoms with van der Waals surface area (Å²) >= 11 is 1.29. The number of furan rings is 1. The maximum atomic E-state index is 12.8. The number of hydrogen-bond donors (Lipinski definition) is 1. The van der Waals surface area contributed by atoms with E-state index in [1.807, 2.05) is 35.8 Å². The average molecular weight is 383 g/mol. The van der Waals surface area contributed by atoms with Crippen LogP contribution in [0.1, 0.15) is 6.92 Å². The molecule has 0 bridgehead atoms. The van der Waals surface area contributed by atoms with Crippen molar-refractivity contribution in [2.45, 2.75) is 18.6 Å². The van der Waals surface area contributed by atoms with Crippen LogP contribution in [-0.4, -0.2) is 38.9 Å². The zero-order valence-electron chi connectivity index (χ0n) is 14.6. The summed E-state index contributed by atoms with van der Waals surface area (Å²) in [5, 5.41) is 11.8. The minimum atomic E-state index is -0.205. The summed E-state index contributed by atoms with van der Waals surface area (Å²) in [5.41, 5.74) is 1.35. The standard InChI is InChI=1S/C18H17N5O3S/c1-2-22-17(14-8-5-9-26-14)20-21-18(22)27-11-16(25)23-10-15(24)19-12-6-3-4-7-13(12)23/h3-9H,2,10-11H2,1H3,(H,19,24). The summed E-state index contributed by atoms with van der Waals surface area (Å²) in [4.78, 5) is 26.2. The van der Waals surface area contributed by atoms with Crippen LogP contribution in [0.3, 0.4) is 0 Å². The van der Waals surface area contributed by atoms with Crippen molar-refractivity contribution in [2.24, 2.45) is 0 Å². The lowest BCUT2D eigenvalue weighted by molar-refractivity contribution is -0.120. The Morgan fingerprint density at radius 1 is 1.26 bits per heavy atom. The lowest BCUT2D eigenvalue weighted by Gasteiger charge is -2.29. The van der Waals surface area contributed by atoms with Crippen LogP contribution in [-0.2, 0) is 16.1 Å². The summed E-state index contributed by atoms with van der Waals surface area (Å²) in [5.74, 6) is 1.04. The Morgan fingerprint density at radius 3 is 2.89 bits per heavy atom. The summed E-state index contributed by atoms with van der Waals surface area (Å²) in [6.45, 7) is 2.63. The fourth-order valence-electron chi connectivity index (χ4n) is 2.93.